The number of aryl methyl sites for hydroxylation is 1. The van der Waals surface area contributed by atoms with E-state index >= 15 is 0 Å². The number of imidazole rings is 1. The molecule has 1 aromatic carbocycles. The van der Waals surface area contributed by atoms with Crippen molar-refractivity contribution in [3.63, 3.8) is 0 Å². The van der Waals surface area contributed by atoms with Gasteiger partial charge in [0.2, 0.25) is 0 Å². The number of carbonyl (C=O) groups is 1. The van der Waals surface area contributed by atoms with E-state index in [1.165, 1.54) is 0 Å². The van der Waals surface area contributed by atoms with Crippen LogP contribution < -0.4 is 5.32 Å². The second-order valence-electron chi connectivity index (χ2n) is 4.24. The summed E-state index contributed by atoms with van der Waals surface area (Å²) in [5.41, 5.74) is -0.871. The Morgan fingerprint density at radius 2 is 1.95 bits per heavy atom. The molecule has 1 heterocycles. The van der Waals surface area contributed by atoms with Gasteiger partial charge in [0.05, 0.1) is 5.56 Å². The maximum absolute atomic E-state index is 13.4. The first kappa shape index (κ1) is 15.0. The Bertz CT molecular complexity index is 643. The van der Waals surface area contributed by atoms with Crippen LogP contribution in [0.5, 0.6) is 0 Å². The van der Waals surface area contributed by atoms with Crippen LogP contribution in [0, 0.1) is 23.3 Å². The molecule has 0 unspecified atom stereocenters. The van der Waals surface area contributed by atoms with Crippen molar-refractivity contribution >= 4 is 5.91 Å². The molecule has 0 spiro atoms. The molecule has 8 heteroatoms. The molecule has 2 rings (SSSR count). The van der Waals surface area contributed by atoms with Crippen LogP contribution in [-0.2, 0) is 6.42 Å². The molecular formula is C13H11F4N3O. The largest absolute Gasteiger partial charge is 0.352 e. The van der Waals surface area contributed by atoms with E-state index in [-0.39, 0.29) is 6.54 Å². The van der Waals surface area contributed by atoms with Crippen LogP contribution in [0.25, 0.3) is 0 Å². The molecular weight excluding hydrogens is 290 g/mol. The molecule has 1 amide bonds. The summed E-state index contributed by atoms with van der Waals surface area (Å²) in [6, 6.07) is 0.329. The van der Waals surface area contributed by atoms with Gasteiger partial charge in [-0.25, -0.2) is 22.5 Å². The Kier molecular flexibility index (Phi) is 4.56. The van der Waals surface area contributed by atoms with Crippen LogP contribution in [0.4, 0.5) is 17.6 Å². The molecule has 0 radical (unpaired) electrons. The summed E-state index contributed by atoms with van der Waals surface area (Å²) >= 11 is 0. The van der Waals surface area contributed by atoms with Crippen LogP contribution in [0.2, 0.25) is 0 Å². The lowest BCUT2D eigenvalue weighted by molar-refractivity contribution is 0.0947. The normalized spacial score (nSPS) is 10.7. The van der Waals surface area contributed by atoms with Gasteiger partial charge in [0.25, 0.3) is 5.91 Å². The van der Waals surface area contributed by atoms with Crippen LogP contribution in [0.15, 0.2) is 18.5 Å². The highest BCUT2D eigenvalue weighted by Crippen LogP contribution is 2.18. The zero-order valence-corrected chi connectivity index (χ0v) is 10.7. The van der Waals surface area contributed by atoms with E-state index in [0.717, 1.165) is 0 Å². The Morgan fingerprint density at radius 1 is 1.19 bits per heavy atom. The summed E-state index contributed by atoms with van der Waals surface area (Å²) in [6.45, 7) is 0.152. The van der Waals surface area contributed by atoms with E-state index in [0.29, 0.717) is 24.7 Å². The van der Waals surface area contributed by atoms with Crippen LogP contribution in [0.1, 0.15) is 22.6 Å². The number of carbonyl (C=O) groups excluding carboxylic acids is 1. The summed E-state index contributed by atoms with van der Waals surface area (Å²) in [4.78, 5) is 18.4. The smallest absolute Gasteiger partial charge is 0.254 e. The highest BCUT2D eigenvalue weighted by Gasteiger charge is 2.22. The first-order valence-corrected chi connectivity index (χ1v) is 6.10. The molecule has 112 valence electrons. The maximum atomic E-state index is 13.4. The molecule has 2 N–H and O–H groups in total. The standard InChI is InChI=1S/C13H11F4N3O/c14-8-6-7(10(15)12(17)11(8)16)13(21)20-3-1-2-9-18-4-5-19-9/h4-6H,1-3H2,(H,18,19)(H,20,21). The summed E-state index contributed by atoms with van der Waals surface area (Å²) in [5.74, 6) is -7.57. The highest BCUT2D eigenvalue weighted by molar-refractivity contribution is 5.94. The van der Waals surface area contributed by atoms with Crippen molar-refractivity contribution in [3.05, 3.63) is 53.1 Å². The first-order valence-electron chi connectivity index (χ1n) is 6.10. The van der Waals surface area contributed by atoms with Crippen molar-refractivity contribution in [1.29, 1.82) is 0 Å². The van der Waals surface area contributed by atoms with Crippen LogP contribution >= 0.6 is 0 Å². The van der Waals surface area contributed by atoms with Gasteiger partial charge < -0.3 is 10.3 Å². The van der Waals surface area contributed by atoms with Gasteiger partial charge in [-0.3, -0.25) is 4.79 Å². The third-order valence-corrected chi connectivity index (χ3v) is 2.78. The Hall–Kier alpha value is -2.38. The molecule has 0 aliphatic rings. The molecule has 0 aliphatic carbocycles. The van der Waals surface area contributed by atoms with Crippen molar-refractivity contribution in [3.8, 4) is 0 Å². The van der Waals surface area contributed by atoms with Gasteiger partial charge in [-0.15, -0.1) is 0 Å². The predicted octanol–water partition coefficient (Wildman–Crippen LogP) is 2.33. The number of aromatic amines is 1. The van der Waals surface area contributed by atoms with Gasteiger partial charge in [0.15, 0.2) is 23.3 Å². The number of nitrogens with zero attached hydrogens (tertiary/aromatic N) is 1. The maximum Gasteiger partial charge on any atom is 0.254 e. The first-order chi connectivity index (χ1) is 10.0. The Morgan fingerprint density at radius 3 is 2.62 bits per heavy atom. The molecule has 4 nitrogen and oxygen atoms in total. The van der Waals surface area contributed by atoms with Crippen molar-refractivity contribution in [1.82, 2.24) is 15.3 Å². The summed E-state index contributed by atoms with van der Waals surface area (Å²) < 4.78 is 52.1. The number of rotatable bonds is 5. The molecule has 0 atom stereocenters. The lowest BCUT2D eigenvalue weighted by Crippen LogP contribution is -2.26. The molecule has 0 aliphatic heterocycles. The number of aromatic nitrogens is 2. The monoisotopic (exact) mass is 301 g/mol. The number of H-pyrrole nitrogens is 1. The van der Waals surface area contributed by atoms with Gasteiger partial charge in [-0.05, 0) is 12.5 Å². The highest BCUT2D eigenvalue weighted by atomic mass is 19.2. The minimum atomic E-state index is -2.00. The number of benzene rings is 1. The zero-order valence-electron chi connectivity index (χ0n) is 10.7. The molecule has 1 aromatic heterocycles. The second-order valence-corrected chi connectivity index (χ2v) is 4.24. The Balaban J connectivity index is 1.94. The van der Waals surface area contributed by atoms with Gasteiger partial charge >= 0.3 is 0 Å². The van der Waals surface area contributed by atoms with Gasteiger partial charge in [0, 0.05) is 25.4 Å². The van der Waals surface area contributed by atoms with Crippen LogP contribution in [0.3, 0.4) is 0 Å². The average molecular weight is 301 g/mol. The lowest BCUT2D eigenvalue weighted by Gasteiger charge is -2.07. The van der Waals surface area contributed by atoms with E-state index in [4.69, 9.17) is 0 Å². The van der Waals surface area contributed by atoms with Crippen molar-refractivity contribution in [2.45, 2.75) is 12.8 Å². The number of hydrogen-bond donors (Lipinski definition) is 2. The zero-order chi connectivity index (χ0) is 15.4. The minimum absolute atomic E-state index is 0.152. The number of amides is 1. The molecule has 0 bridgehead atoms. The third-order valence-electron chi connectivity index (χ3n) is 2.78. The molecule has 21 heavy (non-hydrogen) atoms. The van der Waals surface area contributed by atoms with Gasteiger partial charge in [-0.2, -0.15) is 0 Å². The summed E-state index contributed by atoms with van der Waals surface area (Å²) in [7, 11) is 0. The fraction of sp³-hybridized carbons (Fsp3) is 0.231. The molecule has 0 saturated carbocycles. The predicted molar refractivity (Wildman–Crippen MR) is 65.5 cm³/mol. The minimum Gasteiger partial charge on any atom is -0.352 e. The van der Waals surface area contributed by atoms with E-state index in [1.807, 2.05) is 0 Å². The SMILES string of the molecule is O=C(NCCCc1ncc[nH]1)c1cc(F)c(F)c(F)c1F. The van der Waals surface area contributed by atoms with Gasteiger partial charge in [-0.1, -0.05) is 0 Å². The van der Waals surface area contributed by atoms with Gasteiger partial charge in [0.1, 0.15) is 5.82 Å². The molecule has 0 fully saturated rings. The fourth-order valence-electron chi connectivity index (χ4n) is 1.73. The van der Waals surface area contributed by atoms with Crippen molar-refractivity contribution in [2.24, 2.45) is 0 Å². The van der Waals surface area contributed by atoms with E-state index in [1.54, 1.807) is 12.4 Å². The third kappa shape index (κ3) is 3.39. The average Bonchev–Trinajstić information content (AvgIpc) is 2.98. The lowest BCUT2D eigenvalue weighted by atomic mass is 10.1. The number of hydrogen-bond acceptors (Lipinski definition) is 2. The van der Waals surface area contributed by atoms with Crippen molar-refractivity contribution in [2.75, 3.05) is 6.54 Å². The van der Waals surface area contributed by atoms with Crippen LogP contribution in [-0.4, -0.2) is 22.4 Å². The van der Waals surface area contributed by atoms with E-state index in [9.17, 15) is 22.4 Å². The molecule has 2 aromatic rings. The van der Waals surface area contributed by atoms with Crippen molar-refractivity contribution < 1.29 is 22.4 Å². The number of nitrogens with one attached hydrogen (secondary N) is 2. The number of halogens is 4. The summed E-state index contributed by atoms with van der Waals surface area (Å²) in [6.07, 6.45) is 4.26. The molecule has 0 saturated heterocycles. The summed E-state index contributed by atoms with van der Waals surface area (Å²) in [5, 5.41) is 2.30. The van der Waals surface area contributed by atoms with E-state index in [2.05, 4.69) is 15.3 Å². The van der Waals surface area contributed by atoms with E-state index < -0.39 is 34.7 Å². The quantitative estimate of drug-likeness (QED) is 0.385. The second kappa shape index (κ2) is 6.38. The topological polar surface area (TPSA) is 57.8 Å². The fourth-order valence-corrected chi connectivity index (χ4v) is 1.73. The Labute approximate surface area is 117 Å².